The van der Waals surface area contributed by atoms with E-state index in [1.807, 2.05) is 0 Å². The van der Waals surface area contributed by atoms with Gasteiger partial charge in [0.2, 0.25) is 0 Å². The third-order valence-electron chi connectivity index (χ3n) is 12.3. The second-order valence-corrected chi connectivity index (χ2v) is 21.9. The first-order valence-corrected chi connectivity index (χ1v) is 24.1. The van der Waals surface area contributed by atoms with E-state index in [-0.39, 0.29) is 0 Å². The maximum atomic E-state index is 7.15. The van der Waals surface area contributed by atoms with Crippen LogP contribution < -0.4 is 18.9 Å². The molecule has 9 heteroatoms. The number of methoxy groups -OCH3 is 4. The third-order valence-corrected chi connectivity index (χ3v) is 19.5. The van der Waals surface area contributed by atoms with Crippen LogP contribution in [0.15, 0.2) is 97.1 Å². The first kappa shape index (κ1) is 46.1. The molecule has 0 heterocycles. The molecular weight excluding hydrogens is 730 g/mol. The van der Waals surface area contributed by atoms with Gasteiger partial charge < -0.3 is 18.9 Å². The molecule has 0 atom stereocenters. The minimum atomic E-state index is -2.49. The van der Waals surface area contributed by atoms with Crippen molar-refractivity contribution in [3.63, 3.8) is 0 Å². The zero-order valence-electron chi connectivity index (χ0n) is 36.2. The molecule has 0 bridgehead atoms. The molecule has 0 aromatic heterocycles. The van der Waals surface area contributed by atoms with Crippen LogP contribution in [0.3, 0.4) is 0 Å². The Morgan fingerprint density at radius 2 is 0.684 bits per heavy atom. The molecule has 0 aliphatic heterocycles. The van der Waals surface area contributed by atoms with Crippen molar-refractivity contribution in [3.8, 4) is 23.0 Å². The molecule has 4 rings (SSSR count). The fourth-order valence-electron chi connectivity index (χ4n) is 8.03. The van der Waals surface area contributed by atoms with Gasteiger partial charge >= 0.3 is 299 Å². The van der Waals surface area contributed by atoms with Crippen LogP contribution in [-0.4, -0.2) is 73.6 Å². The van der Waals surface area contributed by atoms with Crippen molar-refractivity contribution in [2.24, 2.45) is 11.8 Å². The van der Waals surface area contributed by atoms with Gasteiger partial charge in [-0.15, -0.1) is 0 Å². The molecule has 57 heavy (non-hydrogen) atoms. The first-order chi connectivity index (χ1) is 27.7. The predicted molar refractivity (Wildman–Crippen MR) is 240 cm³/mol. The molecule has 0 radical (unpaired) electrons. The molecule has 0 amide bonds. The molecule has 4 aromatic rings. The van der Waals surface area contributed by atoms with Gasteiger partial charge in [0.05, 0.1) is 28.4 Å². The summed E-state index contributed by atoms with van der Waals surface area (Å²) >= 11 is 0. The average Bonchev–Trinajstić information content (AvgIpc) is 3.26. The van der Waals surface area contributed by atoms with Gasteiger partial charge in [0.15, 0.2) is 0 Å². The Labute approximate surface area is 345 Å². The Morgan fingerprint density at radius 1 is 0.421 bits per heavy atom. The zero-order valence-corrected chi connectivity index (χ0v) is 37.1. The molecule has 0 aliphatic rings. The molecule has 0 unspecified atom stereocenters. The van der Waals surface area contributed by atoms with E-state index in [4.69, 9.17) is 32.7 Å². The van der Waals surface area contributed by atoms with E-state index in [9.17, 15) is 0 Å². The van der Waals surface area contributed by atoms with E-state index in [0.29, 0.717) is 25.0 Å². The number of rotatable bonds is 28. The van der Waals surface area contributed by atoms with Gasteiger partial charge in [-0.1, -0.05) is 0 Å². The maximum absolute atomic E-state index is 7.15. The van der Waals surface area contributed by atoms with Gasteiger partial charge in [0, 0.05) is 0 Å². The second kappa shape index (κ2) is 23.8. The molecule has 0 N–H and O–H groups in total. The van der Waals surface area contributed by atoms with Crippen molar-refractivity contribution in [1.82, 2.24) is 0 Å². The number of benzene rings is 4. The summed E-state index contributed by atoms with van der Waals surface area (Å²) in [4.78, 5) is 0. The van der Waals surface area contributed by atoms with E-state index >= 15 is 0 Å². The molecule has 312 valence electrons. The Hall–Kier alpha value is -3.55. The van der Waals surface area contributed by atoms with Gasteiger partial charge in [0.25, 0.3) is 0 Å². The van der Waals surface area contributed by atoms with E-state index < -0.39 is 14.2 Å². The van der Waals surface area contributed by atoms with Gasteiger partial charge in [0.1, 0.15) is 0 Å². The summed E-state index contributed by atoms with van der Waals surface area (Å²) in [6.45, 7) is 7.83. The molecule has 7 nitrogen and oxygen atoms in total. The molecular formula is C48H70BO7P. The van der Waals surface area contributed by atoms with Crippen molar-refractivity contribution < 1.29 is 32.7 Å². The molecule has 0 spiro atoms. The van der Waals surface area contributed by atoms with Crippen LogP contribution in [0.5, 0.6) is 23.0 Å². The summed E-state index contributed by atoms with van der Waals surface area (Å²) in [6.07, 6.45) is 11.9. The topological polar surface area (TPSA) is 64.6 Å². The summed E-state index contributed by atoms with van der Waals surface area (Å²) in [5, 5.41) is 0. The Balaban J connectivity index is 1.42. The standard InChI is InChI=1S/C48H70BO7P/c1-9-57(10-2,11-3,12-4)56-49(54-33-13-15-43(35-39-17-25-45(50-5)26-18-39)36-40-19-27-46(51-6)28-20-40)55-34-14-16-44(37-41-21-29-47(52-7)30-22-41)38-42-23-31-48(53-8)32-24-42/h17-32,43-44H,9-16,33-38H2,1-8H3. The van der Waals surface area contributed by atoms with Crippen molar-refractivity contribution in [1.29, 1.82) is 0 Å². The van der Waals surface area contributed by atoms with E-state index in [2.05, 4.69) is 125 Å². The summed E-state index contributed by atoms with van der Waals surface area (Å²) in [5.74, 6) is 4.41. The summed E-state index contributed by atoms with van der Waals surface area (Å²) in [6, 6.07) is 33.9. The fourth-order valence-corrected chi connectivity index (χ4v) is 11.9. The monoisotopic (exact) mass is 800 g/mol. The van der Waals surface area contributed by atoms with Crippen molar-refractivity contribution in [3.05, 3.63) is 119 Å². The van der Waals surface area contributed by atoms with E-state index in [0.717, 1.165) is 99.0 Å². The molecule has 0 saturated heterocycles. The summed E-state index contributed by atoms with van der Waals surface area (Å²) in [7, 11) is 6.17. The van der Waals surface area contributed by atoms with Crippen molar-refractivity contribution in [2.75, 3.05) is 66.3 Å². The zero-order chi connectivity index (χ0) is 41.0. The Kier molecular flexibility index (Phi) is 19.2. The number of ether oxygens (including phenoxy) is 4. The molecule has 4 aromatic carbocycles. The van der Waals surface area contributed by atoms with Gasteiger partial charge in [-0.05, 0) is 0 Å². The van der Waals surface area contributed by atoms with Gasteiger partial charge in [-0.25, -0.2) is 0 Å². The van der Waals surface area contributed by atoms with Crippen LogP contribution in [0.4, 0.5) is 0 Å². The van der Waals surface area contributed by atoms with E-state index in [1.165, 1.54) is 22.3 Å². The average molecular weight is 801 g/mol. The number of hydrogen-bond acceptors (Lipinski definition) is 7. The van der Waals surface area contributed by atoms with Crippen LogP contribution in [-0.2, 0) is 39.4 Å². The first-order valence-electron chi connectivity index (χ1n) is 21.2. The molecule has 0 saturated carbocycles. The van der Waals surface area contributed by atoms with Gasteiger partial charge in [-0.3, -0.25) is 0 Å². The summed E-state index contributed by atoms with van der Waals surface area (Å²) < 4.78 is 42.1. The van der Waals surface area contributed by atoms with Crippen LogP contribution in [0.1, 0.15) is 75.6 Å². The minimum absolute atomic E-state index is 0.445. The van der Waals surface area contributed by atoms with Crippen molar-refractivity contribution in [2.45, 2.75) is 79.1 Å². The Bertz CT molecular complexity index is 1440. The third kappa shape index (κ3) is 14.4. The quantitative estimate of drug-likeness (QED) is 0.0322. The van der Waals surface area contributed by atoms with Gasteiger partial charge in [-0.2, -0.15) is 0 Å². The molecule has 0 aliphatic carbocycles. The van der Waals surface area contributed by atoms with Crippen molar-refractivity contribution >= 4 is 14.2 Å². The predicted octanol–water partition coefficient (Wildman–Crippen LogP) is 11.4. The van der Waals surface area contributed by atoms with Crippen LogP contribution >= 0.6 is 6.83 Å². The fraction of sp³-hybridized carbons (Fsp3) is 0.500. The van der Waals surface area contributed by atoms with Crippen LogP contribution in [0.25, 0.3) is 0 Å². The normalized spacial score (nSPS) is 12.4. The Morgan fingerprint density at radius 3 is 0.912 bits per heavy atom. The summed E-state index contributed by atoms with van der Waals surface area (Å²) in [5.41, 5.74) is 5.25. The SMILES string of the molecule is CCP(CC)(CC)(CC)OB(OCCCC(Cc1ccc(OC)cc1)Cc1ccc(OC)cc1)OCCCC(Cc1ccc(OC)cc1)Cc1ccc(OC)cc1. The van der Waals surface area contributed by atoms with Crippen LogP contribution in [0, 0.1) is 11.8 Å². The van der Waals surface area contributed by atoms with E-state index in [1.54, 1.807) is 28.4 Å². The molecule has 0 fully saturated rings. The number of hydrogen-bond donors (Lipinski definition) is 0. The van der Waals surface area contributed by atoms with Crippen LogP contribution in [0.2, 0.25) is 0 Å². The second-order valence-electron chi connectivity index (χ2n) is 15.5.